The first kappa shape index (κ1) is 18.1. The lowest BCUT2D eigenvalue weighted by Crippen LogP contribution is -2.09. The van der Waals surface area contributed by atoms with E-state index in [1.165, 1.54) is 19.1 Å². The highest BCUT2D eigenvalue weighted by molar-refractivity contribution is 6.10. The third-order valence-electron chi connectivity index (χ3n) is 3.37. The number of anilines is 2. The molecule has 0 saturated heterocycles. The second kappa shape index (κ2) is 8.06. The van der Waals surface area contributed by atoms with E-state index in [-0.39, 0.29) is 17.6 Å². The summed E-state index contributed by atoms with van der Waals surface area (Å²) < 4.78 is 0. The first-order valence-electron chi connectivity index (χ1n) is 7.83. The molecule has 0 spiro atoms. The Labute approximate surface area is 146 Å². The minimum atomic E-state index is -0.367. The Balaban J connectivity index is 1.99. The van der Waals surface area contributed by atoms with Gasteiger partial charge in [-0.3, -0.25) is 14.4 Å². The number of aryl methyl sites for hydroxylation is 2. The molecule has 2 amide bonds. The maximum Gasteiger partial charge on any atom is 0.248 e. The number of rotatable bonds is 5. The van der Waals surface area contributed by atoms with E-state index in [4.69, 9.17) is 0 Å². The fourth-order valence-electron chi connectivity index (χ4n) is 2.40. The summed E-state index contributed by atoms with van der Waals surface area (Å²) in [7, 11) is 0. The SMILES string of the molecule is CC(=O)Nc1ccc(C(=O)C=CC(=O)Nc2cc(C)cc(C)c2)cc1. The smallest absolute Gasteiger partial charge is 0.248 e. The monoisotopic (exact) mass is 336 g/mol. The molecule has 0 saturated carbocycles. The van der Waals surface area contributed by atoms with E-state index in [0.717, 1.165) is 11.1 Å². The van der Waals surface area contributed by atoms with Gasteiger partial charge in [-0.25, -0.2) is 0 Å². The molecule has 5 nitrogen and oxygen atoms in total. The number of nitrogens with one attached hydrogen (secondary N) is 2. The standard InChI is InChI=1S/C20H20N2O3/c1-13-10-14(2)12-18(11-13)22-20(25)9-8-19(24)16-4-6-17(7-5-16)21-15(3)23/h4-12H,1-3H3,(H,21,23)(H,22,25). The quantitative estimate of drug-likeness (QED) is 0.646. The zero-order valence-electron chi connectivity index (χ0n) is 14.4. The van der Waals surface area contributed by atoms with E-state index in [1.54, 1.807) is 24.3 Å². The average Bonchev–Trinajstić information content (AvgIpc) is 2.51. The molecule has 2 aromatic carbocycles. The summed E-state index contributed by atoms with van der Waals surface area (Å²) in [6.07, 6.45) is 2.44. The van der Waals surface area contributed by atoms with Gasteiger partial charge in [0, 0.05) is 29.9 Å². The van der Waals surface area contributed by atoms with Crippen LogP contribution < -0.4 is 10.6 Å². The van der Waals surface area contributed by atoms with Crippen LogP contribution in [0.3, 0.4) is 0 Å². The lowest BCUT2D eigenvalue weighted by molar-refractivity contribution is -0.114. The van der Waals surface area contributed by atoms with Gasteiger partial charge >= 0.3 is 0 Å². The van der Waals surface area contributed by atoms with Crippen LogP contribution in [-0.2, 0) is 9.59 Å². The fourth-order valence-corrected chi connectivity index (χ4v) is 2.40. The Morgan fingerprint density at radius 2 is 1.40 bits per heavy atom. The Morgan fingerprint density at radius 3 is 1.96 bits per heavy atom. The van der Waals surface area contributed by atoms with Crippen molar-refractivity contribution in [3.8, 4) is 0 Å². The predicted molar refractivity (Wildman–Crippen MR) is 98.8 cm³/mol. The van der Waals surface area contributed by atoms with E-state index in [9.17, 15) is 14.4 Å². The van der Waals surface area contributed by atoms with E-state index in [1.807, 2.05) is 32.0 Å². The number of ketones is 1. The summed E-state index contributed by atoms with van der Waals surface area (Å²) in [5.41, 5.74) is 3.84. The minimum Gasteiger partial charge on any atom is -0.326 e. The number of carbonyl (C=O) groups is 3. The van der Waals surface area contributed by atoms with Crippen LogP contribution in [0.1, 0.15) is 28.4 Å². The molecule has 0 radical (unpaired) electrons. The first-order valence-corrected chi connectivity index (χ1v) is 7.83. The van der Waals surface area contributed by atoms with E-state index >= 15 is 0 Å². The van der Waals surface area contributed by atoms with Crippen LogP contribution in [0.25, 0.3) is 0 Å². The highest BCUT2D eigenvalue weighted by atomic mass is 16.2. The van der Waals surface area contributed by atoms with Crippen molar-refractivity contribution in [1.82, 2.24) is 0 Å². The number of amides is 2. The van der Waals surface area contributed by atoms with Crippen molar-refractivity contribution in [2.75, 3.05) is 10.6 Å². The maximum absolute atomic E-state index is 12.1. The van der Waals surface area contributed by atoms with Crippen LogP contribution in [0.2, 0.25) is 0 Å². The lowest BCUT2D eigenvalue weighted by atomic mass is 10.1. The molecule has 0 aliphatic rings. The summed E-state index contributed by atoms with van der Waals surface area (Å²) in [5, 5.41) is 5.36. The fraction of sp³-hybridized carbons (Fsp3) is 0.150. The zero-order chi connectivity index (χ0) is 18.4. The number of hydrogen-bond acceptors (Lipinski definition) is 3. The molecule has 2 N–H and O–H groups in total. The van der Waals surface area contributed by atoms with Gasteiger partial charge in [0.05, 0.1) is 0 Å². The van der Waals surface area contributed by atoms with Gasteiger partial charge in [0.15, 0.2) is 5.78 Å². The Bertz CT molecular complexity index is 816. The van der Waals surface area contributed by atoms with Crippen molar-refractivity contribution < 1.29 is 14.4 Å². The molecule has 0 unspecified atom stereocenters. The molecule has 0 atom stereocenters. The Kier molecular flexibility index (Phi) is 5.84. The van der Waals surface area contributed by atoms with Crippen molar-refractivity contribution in [2.24, 2.45) is 0 Å². The summed E-state index contributed by atoms with van der Waals surface area (Å²) in [6, 6.07) is 12.2. The highest BCUT2D eigenvalue weighted by Crippen LogP contribution is 2.14. The molecule has 0 aromatic heterocycles. The van der Waals surface area contributed by atoms with Gasteiger partial charge in [0.1, 0.15) is 0 Å². The third kappa shape index (κ3) is 5.73. The maximum atomic E-state index is 12.1. The van der Waals surface area contributed by atoms with E-state index < -0.39 is 0 Å². The molecule has 128 valence electrons. The molecule has 0 aliphatic heterocycles. The minimum absolute atomic E-state index is 0.179. The molecule has 2 rings (SSSR count). The molecule has 0 fully saturated rings. The molecular weight excluding hydrogens is 316 g/mol. The normalized spacial score (nSPS) is 10.5. The highest BCUT2D eigenvalue weighted by Gasteiger charge is 2.05. The largest absolute Gasteiger partial charge is 0.326 e. The van der Waals surface area contributed by atoms with Crippen molar-refractivity contribution >= 4 is 29.0 Å². The molecule has 25 heavy (non-hydrogen) atoms. The van der Waals surface area contributed by atoms with Crippen molar-refractivity contribution in [3.05, 3.63) is 71.3 Å². The summed E-state index contributed by atoms with van der Waals surface area (Å²) in [4.78, 5) is 35.0. The van der Waals surface area contributed by atoms with E-state index in [0.29, 0.717) is 16.9 Å². The summed E-state index contributed by atoms with van der Waals surface area (Å²) in [5.74, 6) is -0.833. The average molecular weight is 336 g/mol. The van der Waals surface area contributed by atoms with Crippen molar-refractivity contribution in [3.63, 3.8) is 0 Å². The van der Waals surface area contributed by atoms with Gasteiger partial charge in [0.25, 0.3) is 0 Å². The lowest BCUT2D eigenvalue weighted by Gasteiger charge is -2.05. The van der Waals surface area contributed by atoms with Crippen LogP contribution in [0.15, 0.2) is 54.6 Å². The van der Waals surface area contributed by atoms with Gasteiger partial charge in [-0.1, -0.05) is 6.07 Å². The molecule has 0 bridgehead atoms. The molecule has 0 heterocycles. The number of allylic oxidation sites excluding steroid dienone is 1. The molecular formula is C20H20N2O3. The van der Waals surface area contributed by atoms with Crippen molar-refractivity contribution in [1.29, 1.82) is 0 Å². The zero-order valence-corrected chi connectivity index (χ0v) is 14.4. The third-order valence-corrected chi connectivity index (χ3v) is 3.37. The van der Waals surface area contributed by atoms with Crippen LogP contribution in [0.5, 0.6) is 0 Å². The van der Waals surface area contributed by atoms with Gasteiger partial charge in [-0.2, -0.15) is 0 Å². The molecule has 0 aliphatic carbocycles. The topological polar surface area (TPSA) is 75.3 Å². The Morgan fingerprint density at radius 1 is 0.800 bits per heavy atom. The first-order chi connectivity index (χ1) is 11.8. The van der Waals surface area contributed by atoms with Gasteiger partial charge in [-0.05, 0) is 67.4 Å². The number of carbonyl (C=O) groups excluding carboxylic acids is 3. The molecule has 2 aromatic rings. The molecule has 5 heteroatoms. The Hall–Kier alpha value is -3.21. The number of hydrogen-bond donors (Lipinski definition) is 2. The van der Waals surface area contributed by atoms with Crippen molar-refractivity contribution in [2.45, 2.75) is 20.8 Å². The van der Waals surface area contributed by atoms with Gasteiger partial charge < -0.3 is 10.6 Å². The van der Waals surface area contributed by atoms with Gasteiger partial charge in [0.2, 0.25) is 11.8 Å². The van der Waals surface area contributed by atoms with Crippen LogP contribution in [-0.4, -0.2) is 17.6 Å². The summed E-state index contributed by atoms with van der Waals surface area (Å²) >= 11 is 0. The van der Waals surface area contributed by atoms with Crippen LogP contribution in [0, 0.1) is 13.8 Å². The van der Waals surface area contributed by atoms with Gasteiger partial charge in [-0.15, -0.1) is 0 Å². The predicted octanol–water partition coefficient (Wildman–Crippen LogP) is 3.64. The van der Waals surface area contributed by atoms with Crippen LogP contribution >= 0.6 is 0 Å². The second-order valence-corrected chi connectivity index (χ2v) is 5.82. The van der Waals surface area contributed by atoms with Crippen LogP contribution in [0.4, 0.5) is 11.4 Å². The summed E-state index contributed by atoms with van der Waals surface area (Å²) in [6.45, 7) is 5.31. The number of benzene rings is 2. The second-order valence-electron chi connectivity index (χ2n) is 5.82. The van der Waals surface area contributed by atoms with E-state index in [2.05, 4.69) is 10.6 Å².